The van der Waals surface area contributed by atoms with Crippen LogP contribution in [0.25, 0.3) is 0 Å². The number of alkyl halides is 1. The Morgan fingerprint density at radius 3 is 2.92 bits per heavy atom. The predicted octanol–water partition coefficient (Wildman–Crippen LogP) is 0.728. The van der Waals surface area contributed by atoms with Gasteiger partial charge in [0.15, 0.2) is 0 Å². The van der Waals surface area contributed by atoms with Crippen molar-refractivity contribution in [1.29, 1.82) is 0 Å². The first kappa shape index (κ1) is 10.8. The van der Waals surface area contributed by atoms with Crippen LogP contribution in [0.3, 0.4) is 0 Å². The Hall–Kier alpha value is -0.280. The van der Waals surface area contributed by atoms with Gasteiger partial charge in [0.2, 0.25) is 5.91 Å². The Balaban J connectivity index is 2.38. The quantitative estimate of drug-likeness (QED) is 0.652. The van der Waals surface area contributed by atoms with E-state index in [1.54, 1.807) is 6.92 Å². The van der Waals surface area contributed by atoms with Gasteiger partial charge in [-0.3, -0.25) is 4.79 Å². The van der Waals surface area contributed by atoms with Crippen LogP contribution in [0.5, 0.6) is 0 Å². The Kier molecular flexibility index (Phi) is 4.00. The highest BCUT2D eigenvalue weighted by Gasteiger charge is 2.23. The van der Waals surface area contributed by atoms with E-state index in [0.29, 0.717) is 5.92 Å². The van der Waals surface area contributed by atoms with E-state index in [9.17, 15) is 4.79 Å². The van der Waals surface area contributed by atoms with E-state index in [4.69, 9.17) is 11.6 Å². The molecule has 4 heteroatoms. The van der Waals surface area contributed by atoms with Gasteiger partial charge < -0.3 is 10.6 Å². The lowest BCUT2D eigenvalue weighted by Gasteiger charge is -2.30. The summed E-state index contributed by atoms with van der Waals surface area (Å²) in [6.45, 7) is 5.75. The van der Waals surface area contributed by atoms with E-state index in [1.165, 1.54) is 0 Å². The molecule has 2 N–H and O–H groups in total. The molecule has 0 aliphatic carbocycles. The number of carbonyl (C=O) groups is 1. The van der Waals surface area contributed by atoms with E-state index in [0.717, 1.165) is 19.5 Å². The minimum Gasteiger partial charge on any atom is -0.351 e. The van der Waals surface area contributed by atoms with Gasteiger partial charge in [-0.1, -0.05) is 6.92 Å². The minimum absolute atomic E-state index is 0.0674. The molecule has 1 heterocycles. The second-order valence-electron chi connectivity index (χ2n) is 3.70. The number of piperidine rings is 1. The van der Waals surface area contributed by atoms with Gasteiger partial charge in [-0.05, 0) is 25.8 Å². The van der Waals surface area contributed by atoms with E-state index in [2.05, 4.69) is 17.6 Å². The molecular formula is C9H17ClN2O. The van der Waals surface area contributed by atoms with Crippen molar-refractivity contribution in [3.8, 4) is 0 Å². The highest BCUT2D eigenvalue weighted by molar-refractivity contribution is 6.30. The molecule has 0 saturated carbocycles. The van der Waals surface area contributed by atoms with Crippen LogP contribution in [0.2, 0.25) is 0 Å². The van der Waals surface area contributed by atoms with Gasteiger partial charge in [-0.25, -0.2) is 0 Å². The van der Waals surface area contributed by atoms with Crippen LogP contribution in [0.4, 0.5) is 0 Å². The summed E-state index contributed by atoms with van der Waals surface area (Å²) in [5, 5.41) is 5.75. The molecule has 0 bridgehead atoms. The zero-order chi connectivity index (χ0) is 9.84. The van der Waals surface area contributed by atoms with Gasteiger partial charge >= 0.3 is 0 Å². The highest BCUT2D eigenvalue weighted by Crippen LogP contribution is 2.11. The van der Waals surface area contributed by atoms with Crippen molar-refractivity contribution in [2.45, 2.75) is 31.7 Å². The standard InChI is InChI=1S/C9H17ClN2O/c1-6-3-4-11-5-8(6)12-9(13)7(2)10/h6-8,11H,3-5H2,1-2H3,(H,12,13). The Bertz CT molecular complexity index is 184. The van der Waals surface area contributed by atoms with Gasteiger partial charge in [0.05, 0.1) is 0 Å². The summed E-state index contributed by atoms with van der Waals surface area (Å²) < 4.78 is 0. The summed E-state index contributed by atoms with van der Waals surface area (Å²) >= 11 is 5.66. The molecule has 76 valence electrons. The number of rotatable bonds is 2. The maximum atomic E-state index is 11.3. The normalized spacial score (nSPS) is 31.0. The van der Waals surface area contributed by atoms with Crippen molar-refractivity contribution < 1.29 is 4.79 Å². The molecule has 1 fully saturated rings. The zero-order valence-corrected chi connectivity index (χ0v) is 8.90. The first-order valence-corrected chi connectivity index (χ1v) is 5.20. The van der Waals surface area contributed by atoms with Gasteiger partial charge in [-0.2, -0.15) is 0 Å². The summed E-state index contributed by atoms with van der Waals surface area (Å²) in [5.74, 6) is 0.475. The molecule has 3 atom stereocenters. The second kappa shape index (κ2) is 4.82. The predicted molar refractivity (Wildman–Crippen MR) is 53.9 cm³/mol. The van der Waals surface area contributed by atoms with Gasteiger partial charge in [0, 0.05) is 12.6 Å². The van der Waals surface area contributed by atoms with Crippen molar-refractivity contribution >= 4 is 17.5 Å². The molecule has 1 aliphatic heterocycles. The molecule has 3 nitrogen and oxygen atoms in total. The fraction of sp³-hybridized carbons (Fsp3) is 0.889. The molecular weight excluding hydrogens is 188 g/mol. The van der Waals surface area contributed by atoms with Crippen molar-refractivity contribution in [2.24, 2.45) is 5.92 Å². The van der Waals surface area contributed by atoms with Crippen LogP contribution in [-0.4, -0.2) is 30.4 Å². The van der Waals surface area contributed by atoms with E-state index < -0.39 is 5.38 Å². The number of amides is 1. The third-order valence-corrected chi connectivity index (χ3v) is 2.71. The molecule has 0 radical (unpaired) electrons. The number of halogens is 1. The van der Waals surface area contributed by atoms with E-state index >= 15 is 0 Å². The molecule has 0 aromatic heterocycles. The van der Waals surface area contributed by atoms with Crippen molar-refractivity contribution in [3.05, 3.63) is 0 Å². The van der Waals surface area contributed by atoms with E-state index in [-0.39, 0.29) is 11.9 Å². The largest absolute Gasteiger partial charge is 0.351 e. The van der Waals surface area contributed by atoms with Crippen LogP contribution in [0.1, 0.15) is 20.3 Å². The molecule has 0 aromatic rings. The van der Waals surface area contributed by atoms with Crippen molar-refractivity contribution in [1.82, 2.24) is 10.6 Å². The topological polar surface area (TPSA) is 41.1 Å². The second-order valence-corrected chi connectivity index (χ2v) is 4.36. The van der Waals surface area contributed by atoms with Crippen LogP contribution in [0, 0.1) is 5.92 Å². The monoisotopic (exact) mass is 204 g/mol. The smallest absolute Gasteiger partial charge is 0.238 e. The van der Waals surface area contributed by atoms with Crippen molar-refractivity contribution in [3.63, 3.8) is 0 Å². The first-order valence-electron chi connectivity index (χ1n) is 4.76. The number of nitrogens with one attached hydrogen (secondary N) is 2. The lowest BCUT2D eigenvalue weighted by molar-refractivity contribution is -0.121. The summed E-state index contributed by atoms with van der Waals surface area (Å²) in [5.41, 5.74) is 0. The molecule has 0 spiro atoms. The Morgan fingerprint density at radius 1 is 1.69 bits per heavy atom. The number of carbonyl (C=O) groups excluding carboxylic acids is 1. The maximum Gasteiger partial charge on any atom is 0.238 e. The summed E-state index contributed by atoms with van der Waals surface area (Å²) in [6.07, 6.45) is 1.11. The van der Waals surface area contributed by atoms with Crippen LogP contribution >= 0.6 is 11.6 Å². The number of hydrogen-bond donors (Lipinski definition) is 2. The Labute approximate surface area is 84.2 Å². The fourth-order valence-corrected chi connectivity index (χ4v) is 1.54. The molecule has 1 rings (SSSR count). The first-order chi connectivity index (χ1) is 6.11. The number of hydrogen-bond acceptors (Lipinski definition) is 2. The third-order valence-electron chi connectivity index (χ3n) is 2.52. The lowest BCUT2D eigenvalue weighted by atomic mass is 9.95. The molecule has 1 amide bonds. The molecule has 1 saturated heterocycles. The minimum atomic E-state index is -0.436. The zero-order valence-electron chi connectivity index (χ0n) is 8.14. The van der Waals surface area contributed by atoms with Crippen molar-refractivity contribution in [2.75, 3.05) is 13.1 Å². The summed E-state index contributed by atoms with van der Waals surface area (Å²) in [4.78, 5) is 11.3. The Morgan fingerprint density at radius 2 is 2.38 bits per heavy atom. The van der Waals surface area contributed by atoms with E-state index in [1.807, 2.05) is 0 Å². The summed E-state index contributed by atoms with van der Waals surface area (Å²) in [6, 6.07) is 0.238. The third kappa shape index (κ3) is 3.16. The SMILES string of the molecule is CC(Cl)C(=O)NC1CNCCC1C. The highest BCUT2D eigenvalue weighted by atomic mass is 35.5. The van der Waals surface area contributed by atoms with Crippen LogP contribution in [-0.2, 0) is 4.79 Å². The molecule has 13 heavy (non-hydrogen) atoms. The van der Waals surface area contributed by atoms with Gasteiger partial charge in [0.25, 0.3) is 0 Å². The maximum absolute atomic E-state index is 11.3. The summed E-state index contributed by atoms with van der Waals surface area (Å²) in [7, 11) is 0. The fourth-order valence-electron chi connectivity index (χ4n) is 1.48. The van der Waals surface area contributed by atoms with Crippen LogP contribution in [0.15, 0.2) is 0 Å². The van der Waals surface area contributed by atoms with Gasteiger partial charge in [-0.15, -0.1) is 11.6 Å². The molecule has 0 aromatic carbocycles. The van der Waals surface area contributed by atoms with Crippen LogP contribution < -0.4 is 10.6 Å². The average Bonchev–Trinajstić information content (AvgIpc) is 2.08. The molecule has 1 aliphatic rings. The molecule has 3 unspecified atom stereocenters. The van der Waals surface area contributed by atoms with Gasteiger partial charge in [0.1, 0.15) is 5.38 Å². The average molecular weight is 205 g/mol. The lowest BCUT2D eigenvalue weighted by Crippen LogP contribution is -2.51.